The molecule has 3 nitrogen and oxygen atoms in total. The summed E-state index contributed by atoms with van der Waals surface area (Å²) in [5, 5.41) is 0. The third-order valence-electron chi connectivity index (χ3n) is 6.11. The van der Waals surface area contributed by atoms with Crippen LogP contribution in [0.15, 0.2) is 0 Å². The van der Waals surface area contributed by atoms with E-state index in [4.69, 9.17) is 10.5 Å². The molecule has 19 heavy (non-hydrogen) atoms. The summed E-state index contributed by atoms with van der Waals surface area (Å²) in [5.41, 5.74) is 6.50. The van der Waals surface area contributed by atoms with Crippen molar-refractivity contribution in [1.29, 1.82) is 0 Å². The molecular formula is C16H30N2O. The minimum absolute atomic E-state index is 0.248. The van der Waals surface area contributed by atoms with E-state index in [0.717, 1.165) is 25.0 Å². The first-order valence-corrected chi connectivity index (χ1v) is 8.21. The Hall–Kier alpha value is -0.120. The molecule has 3 heteroatoms. The van der Waals surface area contributed by atoms with Gasteiger partial charge in [0.15, 0.2) is 0 Å². The van der Waals surface area contributed by atoms with Crippen molar-refractivity contribution in [3.8, 4) is 0 Å². The molecule has 0 aromatic rings. The van der Waals surface area contributed by atoms with E-state index in [2.05, 4.69) is 18.9 Å². The Morgan fingerprint density at radius 2 is 2.00 bits per heavy atom. The maximum absolute atomic E-state index is 6.25. The van der Waals surface area contributed by atoms with Crippen LogP contribution in [-0.2, 0) is 4.74 Å². The SMILES string of the molecule is CC1OCCC1N(C)C1(CN)CCCC(C2CC2)C1. The van der Waals surface area contributed by atoms with Gasteiger partial charge in [0.2, 0.25) is 0 Å². The number of hydrogen-bond acceptors (Lipinski definition) is 3. The van der Waals surface area contributed by atoms with Crippen molar-refractivity contribution in [3.63, 3.8) is 0 Å². The van der Waals surface area contributed by atoms with Crippen molar-refractivity contribution in [1.82, 2.24) is 4.90 Å². The number of hydrogen-bond donors (Lipinski definition) is 1. The molecule has 2 aliphatic carbocycles. The molecule has 0 amide bonds. The third kappa shape index (κ3) is 2.57. The Bertz CT molecular complexity index is 318. The summed E-state index contributed by atoms with van der Waals surface area (Å²) >= 11 is 0. The molecule has 1 saturated heterocycles. The largest absolute Gasteiger partial charge is 0.377 e. The lowest BCUT2D eigenvalue weighted by atomic mass is 9.72. The van der Waals surface area contributed by atoms with Gasteiger partial charge in [-0.2, -0.15) is 0 Å². The average molecular weight is 266 g/mol. The second-order valence-electron chi connectivity index (χ2n) is 7.17. The minimum atomic E-state index is 0.248. The van der Waals surface area contributed by atoms with Gasteiger partial charge in [0.1, 0.15) is 0 Å². The van der Waals surface area contributed by atoms with Gasteiger partial charge in [-0.05, 0) is 57.9 Å². The Morgan fingerprint density at radius 1 is 1.21 bits per heavy atom. The van der Waals surface area contributed by atoms with Crippen LogP contribution in [0.25, 0.3) is 0 Å². The third-order valence-corrected chi connectivity index (χ3v) is 6.11. The molecule has 4 atom stereocenters. The molecule has 1 heterocycles. The molecule has 0 aromatic carbocycles. The van der Waals surface area contributed by atoms with Gasteiger partial charge in [-0.25, -0.2) is 0 Å². The van der Waals surface area contributed by atoms with Crippen LogP contribution in [-0.4, -0.2) is 42.8 Å². The molecule has 0 bridgehead atoms. The van der Waals surface area contributed by atoms with Gasteiger partial charge >= 0.3 is 0 Å². The van der Waals surface area contributed by atoms with Crippen LogP contribution in [0.2, 0.25) is 0 Å². The van der Waals surface area contributed by atoms with Gasteiger partial charge in [-0.3, -0.25) is 4.90 Å². The molecule has 0 spiro atoms. The fourth-order valence-electron chi connectivity index (χ4n) is 4.59. The summed E-state index contributed by atoms with van der Waals surface area (Å²) in [7, 11) is 2.30. The summed E-state index contributed by atoms with van der Waals surface area (Å²) < 4.78 is 5.77. The quantitative estimate of drug-likeness (QED) is 0.849. The predicted octanol–water partition coefficient (Wildman–Crippen LogP) is 2.39. The second kappa shape index (κ2) is 5.34. The monoisotopic (exact) mass is 266 g/mol. The zero-order valence-corrected chi connectivity index (χ0v) is 12.6. The molecule has 0 aromatic heterocycles. The molecule has 2 saturated carbocycles. The van der Waals surface area contributed by atoms with Crippen LogP contribution in [0.5, 0.6) is 0 Å². The van der Waals surface area contributed by atoms with E-state index in [1.165, 1.54) is 44.9 Å². The first kappa shape index (κ1) is 13.8. The maximum Gasteiger partial charge on any atom is 0.0703 e. The molecule has 110 valence electrons. The van der Waals surface area contributed by atoms with Gasteiger partial charge in [0.05, 0.1) is 6.10 Å². The number of rotatable bonds is 4. The summed E-state index contributed by atoms with van der Waals surface area (Å²) in [6.45, 7) is 3.96. The van der Waals surface area contributed by atoms with E-state index < -0.39 is 0 Å². The van der Waals surface area contributed by atoms with E-state index in [1.807, 2.05) is 0 Å². The van der Waals surface area contributed by atoms with Crippen molar-refractivity contribution in [2.75, 3.05) is 20.2 Å². The molecule has 1 aliphatic heterocycles. The van der Waals surface area contributed by atoms with Crippen molar-refractivity contribution in [3.05, 3.63) is 0 Å². The van der Waals surface area contributed by atoms with Gasteiger partial charge in [0.25, 0.3) is 0 Å². The smallest absolute Gasteiger partial charge is 0.0703 e. The molecule has 0 radical (unpaired) electrons. The van der Waals surface area contributed by atoms with Crippen LogP contribution in [0.4, 0.5) is 0 Å². The number of ether oxygens (including phenoxy) is 1. The zero-order chi connectivity index (χ0) is 13.5. The molecular weight excluding hydrogens is 236 g/mol. The van der Waals surface area contributed by atoms with Gasteiger partial charge in [-0.15, -0.1) is 0 Å². The summed E-state index contributed by atoms with van der Waals surface area (Å²) in [6, 6.07) is 0.571. The number of likely N-dealkylation sites (N-methyl/N-ethyl adjacent to an activating group) is 1. The molecule has 3 fully saturated rings. The first-order chi connectivity index (χ1) is 9.16. The highest BCUT2D eigenvalue weighted by Crippen LogP contribution is 2.48. The van der Waals surface area contributed by atoms with Crippen molar-refractivity contribution in [2.24, 2.45) is 17.6 Å². The lowest BCUT2D eigenvalue weighted by Gasteiger charge is -2.49. The highest BCUT2D eigenvalue weighted by molar-refractivity contribution is 5.01. The zero-order valence-electron chi connectivity index (χ0n) is 12.6. The predicted molar refractivity (Wildman–Crippen MR) is 78.0 cm³/mol. The van der Waals surface area contributed by atoms with Gasteiger partial charge < -0.3 is 10.5 Å². The minimum Gasteiger partial charge on any atom is -0.377 e. The van der Waals surface area contributed by atoms with Crippen molar-refractivity contribution in [2.45, 2.75) is 69.6 Å². The lowest BCUT2D eigenvalue weighted by Crippen LogP contribution is -2.59. The highest BCUT2D eigenvalue weighted by atomic mass is 16.5. The Balaban J connectivity index is 1.73. The second-order valence-corrected chi connectivity index (χ2v) is 7.17. The Morgan fingerprint density at radius 3 is 2.58 bits per heavy atom. The molecule has 2 N–H and O–H groups in total. The fourth-order valence-corrected chi connectivity index (χ4v) is 4.59. The standard InChI is InChI=1S/C16H30N2O/c1-12-15(7-9-19-12)18(2)16(11-17)8-3-4-14(10-16)13-5-6-13/h12-15H,3-11,17H2,1-2H3. The number of nitrogens with two attached hydrogens (primary N) is 1. The topological polar surface area (TPSA) is 38.5 Å². The first-order valence-electron chi connectivity index (χ1n) is 8.21. The maximum atomic E-state index is 6.25. The highest BCUT2D eigenvalue weighted by Gasteiger charge is 2.46. The van der Waals surface area contributed by atoms with Crippen molar-refractivity contribution < 1.29 is 4.74 Å². The van der Waals surface area contributed by atoms with Gasteiger partial charge in [0, 0.05) is 24.7 Å². The van der Waals surface area contributed by atoms with E-state index >= 15 is 0 Å². The normalized spacial score (nSPS) is 43.9. The van der Waals surface area contributed by atoms with E-state index in [9.17, 15) is 0 Å². The van der Waals surface area contributed by atoms with E-state index in [1.54, 1.807) is 0 Å². The fraction of sp³-hybridized carbons (Fsp3) is 1.00. The van der Waals surface area contributed by atoms with Crippen LogP contribution < -0.4 is 5.73 Å². The van der Waals surface area contributed by atoms with Crippen LogP contribution >= 0.6 is 0 Å². The van der Waals surface area contributed by atoms with Crippen LogP contribution in [0, 0.1) is 11.8 Å². The summed E-state index contributed by atoms with van der Waals surface area (Å²) in [5.74, 6) is 1.97. The van der Waals surface area contributed by atoms with Gasteiger partial charge in [-0.1, -0.05) is 12.8 Å². The van der Waals surface area contributed by atoms with E-state index in [-0.39, 0.29) is 5.54 Å². The molecule has 3 aliphatic rings. The summed E-state index contributed by atoms with van der Waals surface area (Å²) in [6.07, 6.45) is 9.90. The number of nitrogens with zero attached hydrogens (tertiary/aromatic N) is 1. The van der Waals surface area contributed by atoms with Crippen LogP contribution in [0.3, 0.4) is 0 Å². The average Bonchev–Trinajstić information content (AvgIpc) is 3.20. The Kier molecular flexibility index (Phi) is 3.89. The van der Waals surface area contributed by atoms with Crippen molar-refractivity contribution >= 4 is 0 Å². The Labute approximate surface area is 117 Å². The molecule has 4 unspecified atom stereocenters. The van der Waals surface area contributed by atoms with Crippen LogP contribution in [0.1, 0.15) is 51.9 Å². The summed E-state index contributed by atoms with van der Waals surface area (Å²) in [4.78, 5) is 2.61. The molecule has 3 rings (SSSR count). The van der Waals surface area contributed by atoms with E-state index in [0.29, 0.717) is 12.1 Å². The lowest BCUT2D eigenvalue weighted by molar-refractivity contribution is -0.00615.